The minimum atomic E-state index is -0.829. The Morgan fingerprint density at radius 2 is 1.71 bits per heavy atom. The van der Waals surface area contributed by atoms with Crippen molar-refractivity contribution in [1.82, 2.24) is 4.57 Å². The predicted octanol–water partition coefficient (Wildman–Crippen LogP) is 5.07. The van der Waals surface area contributed by atoms with Crippen molar-refractivity contribution in [3.8, 4) is 0 Å². The van der Waals surface area contributed by atoms with Crippen molar-refractivity contribution in [3.63, 3.8) is 0 Å². The molecule has 0 unspecified atom stereocenters. The molecule has 0 aliphatic carbocycles. The van der Waals surface area contributed by atoms with E-state index in [1.54, 1.807) is 19.1 Å². The van der Waals surface area contributed by atoms with E-state index in [0.717, 1.165) is 24.2 Å². The van der Waals surface area contributed by atoms with E-state index in [1.807, 2.05) is 48.5 Å². The van der Waals surface area contributed by atoms with Crippen LogP contribution >= 0.6 is 11.3 Å². The lowest BCUT2D eigenvalue weighted by molar-refractivity contribution is -0.138. The molecule has 6 rings (SSSR count). The minimum Gasteiger partial charge on any atom is -0.463 e. The second-order valence-corrected chi connectivity index (χ2v) is 11.1. The van der Waals surface area contributed by atoms with E-state index in [4.69, 9.17) is 9.73 Å². The third-order valence-electron chi connectivity index (χ3n) is 7.47. The molecule has 1 aromatic heterocycles. The van der Waals surface area contributed by atoms with Crippen molar-refractivity contribution in [2.24, 2.45) is 4.99 Å². The number of carbonyl (C=O) groups excluding carboxylic acids is 1. The van der Waals surface area contributed by atoms with E-state index >= 15 is 0 Å². The average molecular weight is 568 g/mol. The van der Waals surface area contributed by atoms with Crippen molar-refractivity contribution in [2.75, 3.05) is 24.6 Å². The summed E-state index contributed by atoms with van der Waals surface area (Å²) in [7, 11) is 0. The molecule has 1 saturated heterocycles. The maximum absolute atomic E-state index is 14.0. The lowest BCUT2D eigenvalue weighted by atomic mass is 9.93. The van der Waals surface area contributed by atoms with Gasteiger partial charge in [-0.2, -0.15) is 0 Å². The first-order valence-corrected chi connectivity index (χ1v) is 14.7. The molecular weight excluding hydrogens is 537 g/mol. The number of hydrogen-bond donors (Lipinski definition) is 0. The first kappa shape index (κ1) is 26.9. The van der Waals surface area contributed by atoms with Gasteiger partial charge in [0.05, 0.1) is 28.5 Å². The van der Waals surface area contributed by atoms with Crippen LogP contribution in [0.5, 0.6) is 0 Å². The zero-order valence-electron chi connectivity index (χ0n) is 22.8. The zero-order valence-corrected chi connectivity index (χ0v) is 23.6. The predicted molar refractivity (Wildman–Crippen MR) is 160 cm³/mol. The molecule has 0 saturated carbocycles. The van der Waals surface area contributed by atoms with Gasteiger partial charge in [-0.15, -0.1) is 0 Å². The van der Waals surface area contributed by atoms with Gasteiger partial charge in [-0.05, 0) is 67.7 Å². The van der Waals surface area contributed by atoms with Gasteiger partial charge in [-0.1, -0.05) is 65.9 Å². The highest BCUT2D eigenvalue weighted by Gasteiger charge is 2.35. The zero-order chi connectivity index (χ0) is 28.3. The highest BCUT2D eigenvalue weighted by Crippen LogP contribution is 2.35. The highest BCUT2D eigenvalue weighted by atomic mass is 32.1. The number of carbonyl (C=O) groups is 1. The monoisotopic (exact) mass is 567 g/mol. The lowest BCUT2D eigenvalue weighted by Crippen LogP contribution is -2.40. The van der Waals surface area contributed by atoms with E-state index in [9.17, 15) is 14.0 Å². The number of hydrogen-bond acceptors (Lipinski definition) is 6. The van der Waals surface area contributed by atoms with Crippen LogP contribution < -0.4 is 19.8 Å². The molecule has 3 aromatic carbocycles. The fourth-order valence-electron chi connectivity index (χ4n) is 5.49. The van der Waals surface area contributed by atoms with Crippen molar-refractivity contribution in [3.05, 3.63) is 127 Å². The maximum atomic E-state index is 14.0. The van der Waals surface area contributed by atoms with Gasteiger partial charge in [0.25, 0.3) is 5.56 Å². The fraction of sp³-hybridized carbons (Fsp3) is 0.242. The Labute approximate surface area is 241 Å². The smallest absolute Gasteiger partial charge is 0.338 e. The molecule has 208 valence electrons. The van der Waals surface area contributed by atoms with E-state index < -0.39 is 17.8 Å². The first-order valence-electron chi connectivity index (χ1n) is 13.9. The number of benzene rings is 3. The summed E-state index contributed by atoms with van der Waals surface area (Å²) in [6.07, 6.45) is 5.55. The Bertz CT molecular complexity index is 1770. The van der Waals surface area contributed by atoms with Gasteiger partial charge in [0.1, 0.15) is 5.82 Å². The van der Waals surface area contributed by atoms with Crippen LogP contribution in [0.4, 0.5) is 10.1 Å². The number of ether oxygens (including phenoxy) is 1. The van der Waals surface area contributed by atoms with Crippen molar-refractivity contribution >= 4 is 34.8 Å². The first-order chi connectivity index (χ1) is 20.0. The van der Waals surface area contributed by atoms with Gasteiger partial charge >= 0.3 is 5.97 Å². The quantitative estimate of drug-likeness (QED) is 0.306. The van der Waals surface area contributed by atoms with Crippen molar-refractivity contribution < 1.29 is 13.9 Å². The minimum absolute atomic E-state index is 0.165. The highest BCUT2D eigenvalue weighted by molar-refractivity contribution is 7.07. The topological polar surface area (TPSA) is 63.9 Å². The molecule has 0 radical (unpaired) electrons. The van der Waals surface area contributed by atoms with Gasteiger partial charge in [0, 0.05) is 24.3 Å². The number of fused-ring (bicyclic) bond motifs is 1. The van der Waals surface area contributed by atoms with E-state index in [-0.39, 0.29) is 17.7 Å². The molecule has 41 heavy (non-hydrogen) atoms. The second-order valence-electron chi connectivity index (χ2n) is 10.1. The molecule has 0 N–H and O–H groups in total. The molecule has 0 amide bonds. The maximum Gasteiger partial charge on any atom is 0.338 e. The third kappa shape index (κ3) is 5.39. The van der Waals surface area contributed by atoms with Gasteiger partial charge in [-0.3, -0.25) is 9.36 Å². The summed E-state index contributed by atoms with van der Waals surface area (Å²) in [4.78, 5) is 35.2. The van der Waals surface area contributed by atoms with Crippen molar-refractivity contribution in [1.29, 1.82) is 0 Å². The fourth-order valence-corrected chi connectivity index (χ4v) is 6.49. The van der Waals surface area contributed by atoms with E-state index in [0.29, 0.717) is 20.6 Å². The standard InChI is InChI=1S/C33H30FN3O3S/c1-2-40-32(39)28-29(23-9-5-3-6-10-23)35-33-37(30(28)24-13-15-25(34)16-14-24)31(38)27(41-33)21-22-11-17-26(18-12-22)36-19-7-4-8-20-36/h3,5-6,9-18,21,30H,2,4,7-8,19-20H2,1H3/b27-21+/t30-/m0/s1. The Morgan fingerprint density at radius 3 is 2.39 bits per heavy atom. The van der Waals surface area contributed by atoms with Gasteiger partial charge in [0.2, 0.25) is 0 Å². The largest absolute Gasteiger partial charge is 0.463 e. The second kappa shape index (κ2) is 11.7. The third-order valence-corrected chi connectivity index (χ3v) is 8.45. The molecule has 8 heteroatoms. The van der Waals surface area contributed by atoms with Gasteiger partial charge < -0.3 is 9.64 Å². The van der Waals surface area contributed by atoms with Crippen LogP contribution in [0, 0.1) is 5.82 Å². The van der Waals surface area contributed by atoms with Crippen LogP contribution in [0.25, 0.3) is 11.8 Å². The van der Waals surface area contributed by atoms with Crippen LogP contribution in [-0.2, 0) is 9.53 Å². The summed E-state index contributed by atoms with van der Waals surface area (Å²) in [5.74, 6) is -0.967. The number of aromatic nitrogens is 1. The Morgan fingerprint density at radius 1 is 1.00 bits per heavy atom. The SMILES string of the molecule is CCOC(=O)C1=C(c2ccccc2)N=c2s/c(=C/c3ccc(N4CCCCC4)cc3)c(=O)n2[C@H]1c1ccc(F)cc1. The molecular formula is C33H30FN3O3S. The molecule has 0 bridgehead atoms. The Balaban J connectivity index is 1.51. The number of nitrogens with zero attached hydrogens (tertiary/aromatic N) is 3. The molecule has 0 spiro atoms. The molecule has 4 aromatic rings. The number of thiazole rings is 1. The summed E-state index contributed by atoms with van der Waals surface area (Å²) in [5, 5.41) is 0. The van der Waals surface area contributed by atoms with Crippen molar-refractivity contribution in [2.45, 2.75) is 32.2 Å². The summed E-state index contributed by atoms with van der Waals surface area (Å²) in [5.41, 5.74) is 3.84. The number of esters is 1. The van der Waals surface area contributed by atoms with Gasteiger partial charge in [-0.25, -0.2) is 14.2 Å². The van der Waals surface area contributed by atoms with Crippen LogP contribution in [0.3, 0.4) is 0 Å². The van der Waals surface area contributed by atoms with Crippen LogP contribution in [0.2, 0.25) is 0 Å². The summed E-state index contributed by atoms with van der Waals surface area (Å²) < 4.78 is 21.4. The van der Waals surface area contributed by atoms with Crippen LogP contribution in [0.15, 0.2) is 94.2 Å². The lowest BCUT2D eigenvalue weighted by Gasteiger charge is -2.28. The molecule has 2 aliphatic heterocycles. The summed E-state index contributed by atoms with van der Waals surface area (Å²) in [6, 6.07) is 22.7. The summed E-state index contributed by atoms with van der Waals surface area (Å²) in [6.45, 7) is 4.03. The number of anilines is 1. The van der Waals surface area contributed by atoms with Crippen LogP contribution in [0.1, 0.15) is 48.9 Å². The molecule has 1 fully saturated rings. The Kier molecular flexibility index (Phi) is 7.65. The average Bonchev–Trinajstić information content (AvgIpc) is 3.32. The number of piperidine rings is 1. The number of rotatable bonds is 6. The Hall–Kier alpha value is -4.30. The van der Waals surface area contributed by atoms with Crippen LogP contribution in [-0.4, -0.2) is 30.2 Å². The summed E-state index contributed by atoms with van der Waals surface area (Å²) >= 11 is 1.27. The number of halogens is 1. The van der Waals surface area contributed by atoms with Gasteiger partial charge in [0.15, 0.2) is 4.80 Å². The molecule has 1 atom stereocenters. The normalized spacial score (nSPS) is 17.3. The molecule has 6 nitrogen and oxygen atoms in total. The van der Waals surface area contributed by atoms with E-state index in [1.165, 1.54) is 53.0 Å². The molecule has 3 heterocycles. The molecule has 2 aliphatic rings. The van der Waals surface area contributed by atoms with E-state index in [2.05, 4.69) is 17.0 Å².